The van der Waals surface area contributed by atoms with Gasteiger partial charge < -0.3 is 10.2 Å². The van der Waals surface area contributed by atoms with E-state index in [2.05, 4.69) is 31.0 Å². The number of nitrogens with zero attached hydrogens (tertiary/aromatic N) is 1. The van der Waals surface area contributed by atoms with Gasteiger partial charge in [0.25, 0.3) is 0 Å². The summed E-state index contributed by atoms with van der Waals surface area (Å²) in [6, 6.07) is 0.777. The van der Waals surface area contributed by atoms with Gasteiger partial charge in [-0.2, -0.15) is 0 Å². The smallest absolute Gasteiger partial charge is 0.00670 e. The highest BCUT2D eigenvalue weighted by atomic mass is 15.2. The van der Waals surface area contributed by atoms with Crippen molar-refractivity contribution in [2.45, 2.75) is 78.2 Å². The topological polar surface area (TPSA) is 15.3 Å². The second kappa shape index (κ2) is 10.7. The zero-order valence-electron chi connectivity index (χ0n) is 13.6. The first-order valence-electron chi connectivity index (χ1n) is 8.72. The van der Waals surface area contributed by atoms with Gasteiger partial charge in [0.1, 0.15) is 0 Å². The van der Waals surface area contributed by atoms with Crippen LogP contribution in [0.3, 0.4) is 0 Å². The average molecular weight is 268 g/mol. The fourth-order valence-corrected chi connectivity index (χ4v) is 3.24. The summed E-state index contributed by atoms with van der Waals surface area (Å²) in [7, 11) is 0. The lowest BCUT2D eigenvalue weighted by Gasteiger charge is -2.34. The maximum absolute atomic E-state index is 3.55. The molecule has 1 fully saturated rings. The fourth-order valence-electron chi connectivity index (χ4n) is 3.24. The molecule has 0 radical (unpaired) electrons. The summed E-state index contributed by atoms with van der Waals surface area (Å²) in [6.45, 7) is 12.1. The van der Waals surface area contributed by atoms with Gasteiger partial charge >= 0.3 is 0 Å². The van der Waals surface area contributed by atoms with Crippen LogP contribution in [0.2, 0.25) is 0 Å². The Kier molecular flexibility index (Phi) is 9.54. The highest BCUT2D eigenvalue weighted by molar-refractivity contribution is 4.76. The Labute approximate surface area is 121 Å². The molecule has 1 N–H and O–H groups in total. The normalized spacial score (nSPS) is 21.8. The number of nitrogens with one attached hydrogen (secondary N) is 1. The monoisotopic (exact) mass is 268 g/mol. The summed E-state index contributed by atoms with van der Waals surface area (Å²) in [5.41, 5.74) is 0. The molecule has 2 heteroatoms. The number of hydrogen-bond donors (Lipinski definition) is 1. The van der Waals surface area contributed by atoms with Crippen LogP contribution in [0, 0.1) is 5.92 Å². The van der Waals surface area contributed by atoms with Gasteiger partial charge in [-0.1, -0.05) is 39.5 Å². The van der Waals surface area contributed by atoms with E-state index in [0.717, 1.165) is 12.0 Å². The Morgan fingerprint density at radius 1 is 1.16 bits per heavy atom. The van der Waals surface area contributed by atoms with Crippen LogP contribution < -0.4 is 5.32 Å². The van der Waals surface area contributed by atoms with Crippen molar-refractivity contribution in [2.75, 3.05) is 26.2 Å². The van der Waals surface area contributed by atoms with Gasteiger partial charge in [-0.15, -0.1) is 0 Å². The van der Waals surface area contributed by atoms with E-state index in [1.807, 2.05) is 0 Å². The molecule has 1 saturated heterocycles. The molecule has 0 aromatic heterocycles. The summed E-state index contributed by atoms with van der Waals surface area (Å²) >= 11 is 0. The minimum absolute atomic E-state index is 0.777. The molecule has 0 aromatic rings. The van der Waals surface area contributed by atoms with Crippen molar-refractivity contribution in [1.82, 2.24) is 10.2 Å². The Hall–Kier alpha value is -0.0800. The van der Waals surface area contributed by atoms with Crippen molar-refractivity contribution < 1.29 is 0 Å². The first-order chi connectivity index (χ1) is 9.27. The standard InChI is InChI=1S/C17H36N2/c1-4-6-7-8-10-16(3)19(13-5-2)15-17-11-9-12-18-14-17/h16-18H,4-15H2,1-3H3. The zero-order chi connectivity index (χ0) is 13.9. The van der Waals surface area contributed by atoms with Gasteiger partial charge in [-0.25, -0.2) is 0 Å². The van der Waals surface area contributed by atoms with Crippen molar-refractivity contribution in [3.8, 4) is 0 Å². The summed E-state index contributed by atoms with van der Waals surface area (Å²) < 4.78 is 0. The van der Waals surface area contributed by atoms with Crippen molar-refractivity contribution in [3.63, 3.8) is 0 Å². The molecular weight excluding hydrogens is 232 g/mol. The van der Waals surface area contributed by atoms with Crippen LogP contribution in [-0.2, 0) is 0 Å². The summed E-state index contributed by atoms with van der Waals surface area (Å²) in [6.07, 6.45) is 11.1. The van der Waals surface area contributed by atoms with E-state index in [1.54, 1.807) is 0 Å². The molecule has 0 amide bonds. The van der Waals surface area contributed by atoms with Crippen LogP contribution in [0.5, 0.6) is 0 Å². The minimum atomic E-state index is 0.777. The second-order valence-corrected chi connectivity index (χ2v) is 6.41. The van der Waals surface area contributed by atoms with E-state index >= 15 is 0 Å². The third-order valence-corrected chi connectivity index (χ3v) is 4.50. The maximum Gasteiger partial charge on any atom is 0.00670 e. The van der Waals surface area contributed by atoms with E-state index in [4.69, 9.17) is 0 Å². The maximum atomic E-state index is 3.55. The van der Waals surface area contributed by atoms with E-state index in [0.29, 0.717) is 0 Å². The van der Waals surface area contributed by atoms with Crippen LogP contribution >= 0.6 is 0 Å². The number of rotatable bonds is 10. The lowest BCUT2D eigenvalue weighted by Crippen LogP contribution is -2.42. The van der Waals surface area contributed by atoms with Crippen molar-refractivity contribution >= 4 is 0 Å². The average Bonchev–Trinajstić information content (AvgIpc) is 2.44. The lowest BCUT2D eigenvalue weighted by molar-refractivity contribution is 0.154. The minimum Gasteiger partial charge on any atom is -0.316 e. The molecule has 1 aliphatic heterocycles. The molecule has 1 heterocycles. The van der Waals surface area contributed by atoms with Crippen molar-refractivity contribution in [1.29, 1.82) is 0 Å². The highest BCUT2D eigenvalue weighted by Crippen LogP contribution is 2.17. The predicted octanol–water partition coefficient (Wildman–Crippen LogP) is 4.06. The first kappa shape index (κ1) is 17.0. The van der Waals surface area contributed by atoms with Gasteiger partial charge in [-0.05, 0) is 58.2 Å². The van der Waals surface area contributed by atoms with Crippen molar-refractivity contribution in [2.24, 2.45) is 5.92 Å². The SMILES string of the molecule is CCCCCCC(C)N(CCC)CC1CCCNC1. The lowest BCUT2D eigenvalue weighted by atomic mass is 9.97. The quantitative estimate of drug-likeness (QED) is 0.601. The molecule has 0 bridgehead atoms. The zero-order valence-corrected chi connectivity index (χ0v) is 13.6. The third-order valence-electron chi connectivity index (χ3n) is 4.50. The van der Waals surface area contributed by atoms with Crippen LogP contribution in [0.4, 0.5) is 0 Å². The molecular formula is C17H36N2. The van der Waals surface area contributed by atoms with Crippen molar-refractivity contribution in [3.05, 3.63) is 0 Å². The number of unbranched alkanes of at least 4 members (excludes halogenated alkanes) is 3. The molecule has 1 aliphatic rings. The molecule has 0 aromatic carbocycles. The molecule has 0 aliphatic carbocycles. The Bertz CT molecular complexity index is 199. The Morgan fingerprint density at radius 2 is 2.00 bits per heavy atom. The molecule has 2 unspecified atom stereocenters. The predicted molar refractivity (Wildman–Crippen MR) is 85.7 cm³/mol. The van der Waals surface area contributed by atoms with Crippen LogP contribution in [-0.4, -0.2) is 37.1 Å². The summed E-state index contributed by atoms with van der Waals surface area (Å²) in [5, 5.41) is 3.55. The van der Waals surface area contributed by atoms with E-state index in [1.165, 1.54) is 77.5 Å². The molecule has 1 rings (SSSR count). The van der Waals surface area contributed by atoms with Crippen LogP contribution in [0.25, 0.3) is 0 Å². The molecule has 2 nitrogen and oxygen atoms in total. The van der Waals surface area contributed by atoms with Gasteiger partial charge in [-0.3, -0.25) is 0 Å². The Morgan fingerprint density at radius 3 is 2.63 bits per heavy atom. The van der Waals surface area contributed by atoms with Gasteiger partial charge in [0.15, 0.2) is 0 Å². The Balaban J connectivity index is 2.28. The molecule has 114 valence electrons. The van der Waals surface area contributed by atoms with E-state index in [9.17, 15) is 0 Å². The van der Waals surface area contributed by atoms with Gasteiger partial charge in [0, 0.05) is 12.6 Å². The largest absolute Gasteiger partial charge is 0.316 e. The molecule has 0 spiro atoms. The van der Waals surface area contributed by atoms with Gasteiger partial charge in [0.2, 0.25) is 0 Å². The molecule has 19 heavy (non-hydrogen) atoms. The van der Waals surface area contributed by atoms with Crippen LogP contribution in [0.1, 0.15) is 72.1 Å². The van der Waals surface area contributed by atoms with E-state index < -0.39 is 0 Å². The summed E-state index contributed by atoms with van der Waals surface area (Å²) in [4.78, 5) is 2.75. The first-order valence-corrected chi connectivity index (χ1v) is 8.72. The second-order valence-electron chi connectivity index (χ2n) is 6.41. The van der Waals surface area contributed by atoms with Crippen LogP contribution in [0.15, 0.2) is 0 Å². The molecule has 0 saturated carbocycles. The van der Waals surface area contributed by atoms with E-state index in [-0.39, 0.29) is 0 Å². The van der Waals surface area contributed by atoms with Gasteiger partial charge in [0.05, 0.1) is 0 Å². The third kappa shape index (κ3) is 7.31. The molecule has 2 atom stereocenters. The summed E-state index contributed by atoms with van der Waals surface area (Å²) in [5.74, 6) is 0.887. The number of hydrogen-bond acceptors (Lipinski definition) is 2. The number of piperidine rings is 1. The fraction of sp³-hybridized carbons (Fsp3) is 1.00. The highest BCUT2D eigenvalue weighted by Gasteiger charge is 2.19.